The van der Waals surface area contributed by atoms with E-state index in [2.05, 4.69) is 19.2 Å². The van der Waals surface area contributed by atoms with Crippen molar-refractivity contribution in [2.24, 2.45) is 5.92 Å². The van der Waals surface area contributed by atoms with E-state index in [-0.39, 0.29) is 0 Å². The molecule has 1 rings (SSSR count). The first-order valence-electron chi connectivity index (χ1n) is 4.60. The Kier molecular flexibility index (Phi) is 3.87. The van der Waals surface area contributed by atoms with Crippen molar-refractivity contribution in [1.82, 2.24) is 5.32 Å². The van der Waals surface area contributed by atoms with Crippen molar-refractivity contribution in [3.63, 3.8) is 0 Å². The van der Waals surface area contributed by atoms with Crippen molar-refractivity contribution in [2.75, 3.05) is 19.8 Å². The largest absolute Gasteiger partial charge is 0.380 e. The van der Waals surface area contributed by atoms with Gasteiger partial charge in [-0.05, 0) is 18.8 Å². The molecule has 0 radical (unpaired) electrons. The number of ether oxygens (including phenoxy) is 1. The van der Waals surface area contributed by atoms with Crippen molar-refractivity contribution < 1.29 is 4.74 Å². The highest BCUT2D eigenvalue weighted by molar-refractivity contribution is 4.80. The van der Waals surface area contributed by atoms with Crippen LogP contribution in [0.3, 0.4) is 0 Å². The molecule has 0 saturated heterocycles. The van der Waals surface area contributed by atoms with Crippen LogP contribution in [0.1, 0.15) is 26.7 Å². The zero-order chi connectivity index (χ0) is 8.10. The third kappa shape index (κ3) is 5.22. The molecule has 66 valence electrons. The molecule has 11 heavy (non-hydrogen) atoms. The Labute approximate surface area is 69.3 Å². The van der Waals surface area contributed by atoms with Crippen LogP contribution in [0.15, 0.2) is 0 Å². The van der Waals surface area contributed by atoms with E-state index in [1.54, 1.807) is 0 Å². The molecule has 0 aromatic heterocycles. The monoisotopic (exact) mass is 157 g/mol. The zero-order valence-electron chi connectivity index (χ0n) is 7.60. The minimum atomic E-state index is 0.663. The van der Waals surface area contributed by atoms with Gasteiger partial charge in [-0.2, -0.15) is 0 Å². The molecule has 1 aliphatic carbocycles. The molecular weight excluding hydrogens is 138 g/mol. The van der Waals surface area contributed by atoms with Crippen LogP contribution < -0.4 is 5.32 Å². The van der Waals surface area contributed by atoms with Gasteiger partial charge >= 0.3 is 0 Å². The quantitative estimate of drug-likeness (QED) is 0.589. The molecule has 1 N–H and O–H groups in total. The second-order valence-corrected chi connectivity index (χ2v) is 3.70. The zero-order valence-corrected chi connectivity index (χ0v) is 7.60. The van der Waals surface area contributed by atoms with Gasteiger partial charge in [0.15, 0.2) is 0 Å². The number of rotatable bonds is 6. The van der Waals surface area contributed by atoms with Gasteiger partial charge in [0.1, 0.15) is 0 Å². The van der Waals surface area contributed by atoms with Gasteiger partial charge < -0.3 is 10.1 Å². The second-order valence-electron chi connectivity index (χ2n) is 3.70. The lowest BCUT2D eigenvalue weighted by Gasteiger charge is -2.06. The van der Waals surface area contributed by atoms with E-state index in [9.17, 15) is 0 Å². The van der Waals surface area contributed by atoms with Crippen molar-refractivity contribution in [2.45, 2.75) is 32.7 Å². The van der Waals surface area contributed by atoms with Gasteiger partial charge in [0.25, 0.3) is 0 Å². The fourth-order valence-corrected chi connectivity index (χ4v) is 0.942. The molecule has 0 heterocycles. The van der Waals surface area contributed by atoms with Crippen molar-refractivity contribution in [3.05, 3.63) is 0 Å². The van der Waals surface area contributed by atoms with Gasteiger partial charge in [0.05, 0.1) is 6.61 Å². The summed E-state index contributed by atoms with van der Waals surface area (Å²) < 4.78 is 5.41. The maximum atomic E-state index is 5.41. The molecule has 2 nitrogen and oxygen atoms in total. The average Bonchev–Trinajstić information content (AvgIpc) is 2.70. The van der Waals surface area contributed by atoms with E-state index in [1.165, 1.54) is 12.8 Å². The first kappa shape index (κ1) is 9.01. The summed E-state index contributed by atoms with van der Waals surface area (Å²) in [4.78, 5) is 0. The lowest BCUT2D eigenvalue weighted by Crippen LogP contribution is -2.22. The molecule has 0 amide bonds. The average molecular weight is 157 g/mol. The number of hydrogen-bond donors (Lipinski definition) is 1. The van der Waals surface area contributed by atoms with Gasteiger partial charge in [-0.15, -0.1) is 0 Å². The van der Waals surface area contributed by atoms with Gasteiger partial charge in [-0.1, -0.05) is 13.8 Å². The Balaban J connectivity index is 1.73. The van der Waals surface area contributed by atoms with Crippen LogP contribution in [-0.4, -0.2) is 25.8 Å². The third-order valence-electron chi connectivity index (χ3n) is 1.71. The summed E-state index contributed by atoms with van der Waals surface area (Å²) in [6.45, 7) is 7.14. The molecule has 1 fully saturated rings. The summed E-state index contributed by atoms with van der Waals surface area (Å²) in [5.41, 5.74) is 0. The molecule has 0 aromatic carbocycles. The Bertz CT molecular complexity index is 95.7. The second kappa shape index (κ2) is 4.73. The van der Waals surface area contributed by atoms with Crippen LogP contribution in [0.2, 0.25) is 0 Å². The van der Waals surface area contributed by atoms with Gasteiger partial charge in [-0.3, -0.25) is 0 Å². The molecular formula is C9H19NO. The first-order valence-corrected chi connectivity index (χ1v) is 4.60. The Morgan fingerprint density at radius 3 is 2.73 bits per heavy atom. The van der Waals surface area contributed by atoms with E-state index < -0.39 is 0 Å². The lowest BCUT2D eigenvalue weighted by molar-refractivity contribution is 0.111. The summed E-state index contributed by atoms with van der Waals surface area (Å²) in [5, 5.41) is 3.41. The third-order valence-corrected chi connectivity index (χ3v) is 1.71. The maximum Gasteiger partial charge on any atom is 0.0591 e. The summed E-state index contributed by atoms with van der Waals surface area (Å²) >= 11 is 0. The van der Waals surface area contributed by atoms with Gasteiger partial charge in [-0.25, -0.2) is 0 Å². The van der Waals surface area contributed by atoms with Crippen LogP contribution in [0.5, 0.6) is 0 Å². The molecule has 0 atom stereocenters. The topological polar surface area (TPSA) is 21.3 Å². The molecule has 0 aromatic rings. The van der Waals surface area contributed by atoms with Crippen LogP contribution in [0.4, 0.5) is 0 Å². The molecule has 1 aliphatic rings. The normalized spacial score (nSPS) is 17.7. The summed E-state index contributed by atoms with van der Waals surface area (Å²) in [5.74, 6) is 0.663. The Hall–Kier alpha value is -0.0800. The van der Waals surface area contributed by atoms with E-state index in [1.807, 2.05) is 0 Å². The van der Waals surface area contributed by atoms with E-state index >= 15 is 0 Å². The van der Waals surface area contributed by atoms with E-state index in [0.29, 0.717) is 5.92 Å². The van der Waals surface area contributed by atoms with E-state index in [4.69, 9.17) is 4.74 Å². The molecule has 2 heteroatoms. The van der Waals surface area contributed by atoms with Crippen LogP contribution in [0.25, 0.3) is 0 Å². The highest BCUT2D eigenvalue weighted by Gasteiger charge is 2.19. The summed E-state index contributed by atoms with van der Waals surface area (Å²) in [6.07, 6.45) is 2.73. The predicted molar refractivity (Wildman–Crippen MR) is 46.7 cm³/mol. The molecule has 0 unspecified atom stereocenters. The predicted octanol–water partition coefficient (Wildman–Crippen LogP) is 1.41. The standard InChI is InChI=1S/C9H19NO/c1-8(2)7-11-6-5-10-9-3-4-9/h8-10H,3-7H2,1-2H3. The highest BCUT2D eigenvalue weighted by atomic mass is 16.5. The molecule has 0 spiro atoms. The minimum Gasteiger partial charge on any atom is -0.380 e. The fourth-order valence-electron chi connectivity index (χ4n) is 0.942. The van der Waals surface area contributed by atoms with Crippen LogP contribution >= 0.6 is 0 Å². The highest BCUT2D eigenvalue weighted by Crippen LogP contribution is 2.17. The van der Waals surface area contributed by atoms with Crippen LogP contribution in [-0.2, 0) is 4.74 Å². The SMILES string of the molecule is CC(C)COCCNC1CC1. The minimum absolute atomic E-state index is 0.663. The molecule has 1 saturated carbocycles. The maximum absolute atomic E-state index is 5.41. The van der Waals surface area contributed by atoms with Crippen LogP contribution in [0, 0.1) is 5.92 Å². The smallest absolute Gasteiger partial charge is 0.0591 e. The summed E-state index contributed by atoms with van der Waals surface area (Å²) in [7, 11) is 0. The molecule has 0 aliphatic heterocycles. The van der Waals surface area contributed by atoms with Crippen molar-refractivity contribution in [3.8, 4) is 0 Å². The fraction of sp³-hybridized carbons (Fsp3) is 1.00. The van der Waals surface area contributed by atoms with Gasteiger partial charge in [0, 0.05) is 19.2 Å². The Morgan fingerprint density at radius 2 is 2.18 bits per heavy atom. The number of hydrogen-bond acceptors (Lipinski definition) is 2. The number of nitrogens with one attached hydrogen (secondary N) is 1. The summed E-state index contributed by atoms with van der Waals surface area (Å²) in [6, 6.07) is 0.817. The van der Waals surface area contributed by atoms with Gasteiger partial charge in [0.2, 0.25) is 0 Å². The van der Waals surface area contributed by atoms with Crippen molar-refractivity contribution in [1.29, 1.82) is 0 Å². The van der Waals surface area contributed by atoms with E-state index in [0.717, 1.165) is 25.8 Å². The van der Waals surface area contributed by atoms with Crippen molar-refractivity contribution >= 4 is 0 Å². The first-order chi connectivity index (χ1) is 5.29. The lowest BCUT2D eigenvalue weighted by atomic mass is 10.2. The molecule has 0 bridgehead atoms. The Morgan fingerprint density at radius 1 is 1.45 bits per heavy atom.